The van der Waals surface area contributed by atoms with Gasteiger partial charge >= 0.3 is 6.18 Å². The Kier molecular flexibility index (Phi) is 3.93. The maximum Gasteiger partial charge on any atom is 0.416 e. The van der Waals surface area contributed by atoms with Gasteiger partial charge in [-0.05, 0) is 24.1 Å². The number of halogens is 3. The molecule has 0 saturated carbocycles. The standard InChI is InChI=1S/C14H17F3N4/c1-8(2)6-12-19-13(21(3)20-12)10-5-4-9(7-11(10)18)14(15,16)17/h4-5,7-8H,6,18H2,1-3H3. The smallest absolute Gasteiger partial charge is 0.398 e. The fourth-order valence-electron chi connectivity index (χ4n) is 2.07. The third-order valence-corrected chi connectivity index (χ3v) is 3.02. The minimum Gasteiger partial charge on any atom is -0.398 e. The van der Waals surface area contributed by atoms with Crippen LogP contribution in [-0.2, 0) is 19.6 Å². The van der Waals surface area contributed by atoms with Gasteiger partial charge in [0.05, 0.1) is 5.56 Å². The van der Waals surface area contributed by atoms with Gasteiger partial charge in [0.15, 0.2) is 11.6 Å². The number of aryl methyl sites for hydroxylation is 1. The van der Waals surface area contributed by atoms with Crippen LogP contribution in [0.5, 0.6) is 0 Å². The molecule has 2 N–H and O–H groups in total. The molecule has 2 rings (SSSR count). The van der Waals surface area contributed by atoms with Crippen LogP contribution in [0.2, 0.25) is 0 Å². The number of hydrogen-bond donors (Lipinski definition) is 1. The fourth-order valence-corrected chi connectivity index (χ4v) is 2.07. The molecular formula is C14H17F3N4. The van der Waals surface area contributed by atoms with Crippen molar-refractivity contribution in [3.63, 3.8) is 0 Å². The molecule has 1 aromatic heterocycles. The van der Waals surface area contributed by atoms with Crippen molar-refractivity contribution in [3.8, 4) is 11.4 Å². The summed E-state index contributed by atoms with van der Waals surface area (Å²) in [5.74, 6) is 1.52. The molecule has 0 aliphatic rings. The summed E-state index contributed by atoms with van der Waals surface area (Å²) in [6.45, 7) is 4.09. The Labute approximate surface area is 120 Å². The minimum absolute atomic E-state index is 0.0384. The van der Waals surface area contributed by atoms with E-state index < -0.39 is 11.7 Å². The normalized spacial score (nSPS) is 12.1. The molecule has 1 heterocycles. The summed E-state index contributed by atoms with van der Waals surface area (Å²) in [6.07, 6.45) is -3.70. The third-order valence-electron chi connectivity index (χ3n) is 3.02. The molecule has 0 unspecified atom stereocenters. The molecule has 0 atom stereocenters. The van der Waals surface area contributed by atoms with E-state index in [0.29, 0.717) is 29.6 Å². The molecule has 0 fully saturated rings. The van der Waals surface area contributed by atoms with Crippen LogP contribution in [0.1, 0.15) is 25.2 Å². The van der Waals surface area contributed by atoms with E-state index in [9.17, 15) is 13.2 Å². The summed E-state index contributed by atoms with van der Waals surface area (Å²) in [6, 6.07) is 3.26. The molecular weight excluding hydrogens is 281 g/mol. The molecule has 0 amide bonds. The van der Waals surface area contributed by atoms with Crippen LogP contribution in [0.4, 0.5) is 18.9 Å². The number of nitrogens with zero attached hydrogens (tertiary/aromatic N) is 3. The van der Waals surface area contributed by atoms with Crippen LogP contribution < -0.4 is 5.73 Å². The van der Waals surface area contributed by atoms with Crippen molar-refractivity contribution >= 4 is 5.69 Å². The second kappa shape index (κ2) is 5.38. The van der Waals surface area contributed by atoms with Crippen LogP contribution in [0.25, 0.3) is 11.4 Å². The molecule has 114 valence electrons. The summed E-state index contributed by atoms with van der Waals surface area (Å²) >= 11 is 0. The predicted octanol–water partition coefficient (Wildman–Crippen LogP) is 3.28. The lowest BCUT2D eigenvalue weighted by molar-refractivity contribution is -0.137. The number of nitrogen functional groups attached to an aromatic ring is 1. The predicted molar refractivity (Wildman–Crippen MR) is 74.4 cm³/mol. The molecule has 21 heavy (non-hydrogen) atoms. The SMILES string of the molecule is CC(C)Cc1nc(-c2ccc(C(F)(F)F)cc2N)n(C)n1. The van der Waals surface area contributed by atoms with E-state index in [4.69, 9.17) is 5.73 Å². The Morgan fingerprint density at radius 2 is 1.95 bits per heavy atom. The molecule has 0 aliphatic heterocycles. The van der Waals surface area contributed by atoms with Gasteiger partial charge in [0.25, 0.3) is 0 Å². The van der Waals surface area contributed by atoms with E-state index in [1.165, 1.54) is 10.7 Å². The van der Waals surface area contributed by atoms with E-state index in [1.807, 2.05) is 13.8 Å². The zero-order chi connectivity index (χ0) is 15.8. The van der Waals surface area contributed by atoms with Crippen LogP contribution in [0.15, 0.2) is 18.2 Å². The highest BCUT2D eigenvalue weighted by Crippen LogP contribution is 2.34. The largest absolute Gasteiger partial charge is 0.416 e. The van der Waals surface area contributed by atoms with Crippen molar-refractivity contribution in [2.24, 2.45) is 13.0 Å². The van der Waals surface area contributed by atoms with Crippen LogP contribution in [-0.4, -0.2) is 14.8 Å². The van der Waals surface area contributed by atoms with Crippen molar-refractivity contribution in [3.05, 3.63) is 29.6 Å². The van der Waals surface area contributed by atoms with Crippen molar-refractivity contribution in [2.75, 3.05) is 5.73 Å². The van der Waals surface area contributed by atoms with Crippen LogP contribution in [0.3, 0.4) is 0 Å². The lowest BCUT2D eigenvalue weighted by Gasteiger charge is -2.10. The van der Waals surface area contributed by atoms with Crippen LogP contribution in [0, 0.1) is 5.92 Å². The lowest BCUT2D eigenvalue weighted by Crippen LogP contribution is -2.06. The first-order valence-corrected chi connectivity index (χ1v) is 6.55. The molecule has 0 radical (unpaired) electrons. The average molecular weight is 298 g/mol. The Bertz CT molecular complexity index is 644. The zero-order valence-electron chi connectivity index (χ0n) is 12.1. The van der Waals surface area contributed by atoms with E-state index >= 15 is 0 Å². The van der Waals surface area contributed by atoms with Gasteiger partial charge in [-0.25, -0.2) is 9.67 Å². The van der Waals surface area contributed by atoms with Gasteiger partial charge < -0.3 is 5.73 Å². The highest BCUT2D eigenvalue weighted by molar-refractivity contribution is 5.72. The Morgan fingerprint density at radius 3 is 2.48 bits per heavy atom. The first-order valence-electron chi connectivity index (χ1n) is 6.55. The Balaban J connectivity index is 2.41. The quantitative estimate of drug-likeness (QED) is 0.885. The number of aromatic nitrogens is 3. The first kappa shape index (κ1) is 15.3. The maximum atomic E-state index is 12.6. The molecule has 0 bridgehead atoms. The van der Waals surface area contributed by atoms with E-state index in [-0.39, 0.29) is 5.69 Å². The van der Waals surface area contributed by atoms with Crippen molar-refractivity contribution < 1.29 is 13.2 Å². The van der Waals surface area contributed by atoms with Gasteiger partial charge in [-0.1, -0.05) is 13.8 Å². The fraction of sp³-hybridized carbons (Fsp3) is 0.429. The van der Waals surface area contributed by atoms with Gasteiger partial charge in [-0.3, -0.25) is 0 Å². The van der Waals surface area contributed by atoms with Crippen molar-refractivity contribution in [1.82, 2.24) is 14.8 Å². The van der Waals surface area contributed by atoms with Gasteiger partial charge in [0.2, 0.25) is 0 Å². The number of benzene rings is 1. The monoisotopic (exact) mass is 298 g/mol. The topological polar surface area (TPSA) is 56.7 Å². The number of anilines is 1. The average Bonchev–Trinajstić information content (AvgIpc) is 2.67. The zero-order valence-corrected chi connectivity index (χ0v) is 12.1. The molecule has 7 heteroatoms. The van der Waals surface area contributed by atoms with E-state index in [2.05, 4.69) is 10.1 Å². The lowest BCUT2D eigenvalue weighted by atomic mass is 10.1. The highest BCUT2D eigenvalue weighted by atomic mass is 19.4. The molecule has 4 nitrogen and oxygen atoms in total. The maximum absolute atomic E-state index is 12.6. The van der Waals surface area contributed by atoms with E-state index in [1.54, 1.807) is 7.05 Å². The second-order valence-corrected chi connectivity index (χ2v) is 5.37. The first-order chi connectivity index (χ1) is 9.68. The summed E-state index contributed by atoms with van der Waals surface area (Å²) in [5.41, 5.74) is 5.47. The summed E-state index contributed by atoms with van der Waals surface area (Å²) in [5, 5.41) is 4.27. The van der Waals surface area contributed by atoms with Gasteiger partial charge in [-0.2, -0.15) is 18.3 Å². The molecule has 1 aromatic carbocycles. The van der Waals surface area contributed by atoms with Crippen molar-refractivity contribution in [1.29, 1.82) is 0 Å². The Morgan fingerprint density at radius 1 is 1.29 bits per heavy atom. The van der Waals surface area contributed by atoms with Crippen molar-refractivity contribution in [2.45, 2.75) is 26.4 Å². The number of nitrogens with two attached hydrogens (primary N) is 1. The molecule has 0 saturated heterocycles. The molecule has 0 spiro atoms. The summed E-state index contributed by atoms with van der Waals surface area (Å²) < 4.78 is 39.5. The highest BCUT2D eigenvalue weighted by Gasteiger charge is 2.31. The van der Waals surface area contributed by atoms with Crippen LogP contribution >= 0.6 is 0 Å². The molecule has 0 aliphatic carbocycles. The third kappa shape index (κ3) is 3.34. The molecule has 2 aromatic rings. The van der Waals surface area contributed by atoms with Gasteiger partial charge in [-0.15, -0.1) is 0 Å². The number of alkyl halides is 3. The number of hydrogen-bond acceptors (Lipinski definition) is 3. The van der Waals surface area contributed by atoms with Gasteiger partial charge in [0.1, 0.15) is 0 Å². The second-order valence-electron chi connectivity index (χ2n) is 5.37. The van der Waals surface area contributed by atoms with E-state index in [0.717, 1.165) is 12.1 Å². The Hall–Kier alpha value is -2.05. The summed E-state index contributed by atoms with van der Waals surface area (Å²) in [4.78, 5) is 4.36. The van der Waals surface area contributed by atoms with Gasteiger partial charge in [0, 0.05) is 24.7 Å². The number of rotatable bonds is 3. The summed E-state index contributed by atoms with van der Waals surface area (Å²) in [7, 11) is 1.70. The minimum atomic E-state index is -4.41.